The molecule has 92 valence electrons. The molecule has 0 aromatic heterocycles. The molecule has 0 bridgehead atoms. The molecule has 2 aliphatic rings. The number of hydrogen-bond acceptors (Lipinski definition) is 4. The lowest BCUT2D eigenvalue weighted by atomic mass is 9.82. The first-order chi connectivity index (χ1) is 7.52. The van der Waals surface area contributed by atoms with Crippen molar-refractivity contribution in [1.82, 2.24) is 0 Å². The molecule has 0 spiro atoms. The Labute approximate surface area is 96.4 Å². The first-order valence-corrected chi connectivity index (χ1v) is 5.93. The molecule has 1 heterocycles. The summed E-state index contributed by atoms with van der Waals surface area (Å²) in [6.45, 7) is 4.84. The maximum atomic E-state index is 9.74. The van der Waals surface area contributed by atoms with Crippen LogP contribution >= 0.6 is 0 Å². The van der Waals surface area contributed by atoms with Gasteiger partial charge in [0.25, 0.3) is 0 Å². The van der Waals surface area contributed by atoms with Gasteiger partial charge in [-0.05, 0) is 24.8 Å². The summed E-state index contributed by atoms with van der Waals surface area (Å²) in [5, 5.41) is 9.74. The summed E-state index contributed by atoms with van der Waals surface area (Å²) >= 11 is 0. The number of hydrogen-bond donors (Lipinski definition) is 2. The van der Waals surface area contributed by atoms with Gasteiger partial charge < -0.3 is 20.3 Å². The smallest absolute Gasteiger partial charge is 0.204 e. The molecule has 1 saturated heterocycles. The molecule has 0 saturated carbocycles. The molecule has 3 unspecified atom stereocenters. The maximum Gasteiger partial charge on any atom is 0.204 e. The van der Waals surface area contributed by atoms with Crippen LogP contribution in [-0.4, -0.2) is 30.1 Å². The number of aliphatic hydroxyl groups excluding tert-OH is 1. The predicted molar refractivity (Wildman–Crippen MR) is 60.5 cm³/mol. The highest BCUT2D eigenvalue weighted by atomic mass is 16.7. The molecule has 2 rings (SSSR count). The molecule has 3 N–H and O–H groups in total. The second-order valence-electron chi connectivity index (χ2n) is 5.15. The van der Waals surface area contributed by atoms with Crippen LogP contribution < -0.4 is 5.73 Å². The average Bonchev–Trinajstić information content (AvgIpc) is 2.26. The lowest BCUT2D eigenvalue weighted by Gasteiger charge is -2.41. The zero-order valence-electron chi connectivity index (χ0n) is 9.98. The van der Waals surface area contributed by atoms with Crippen LogP contribution in [0.25, 0.3) is 0 Å². The third kappa shape index (κ3) is 2.39. The quantitative estimate of drug-likeness (QED) is 0.738. The summed E-state index contributed by atoms with van der Waals surface area (Å²) in [6.07, 6.45) is 3.43. The molecule has 16 heavy (non-hydrogen) atoms. The molecular weight excluding hydrogens is 206 g/mol. The first kappa shape index (κ1) is 11.9. The van der Waals surface area contributed by atoms with Crippen molar-refractivity contribution in [3.8, 4) is 0 Å². The summed E-state index contributed by atoms with van der Waals surface area (Å²) < 4.78 is 11.4. The van der Waals surface area contributed by atoms with Crippen LogP contribution in [0.3, 0.4) is 0 Å². The van der Waals surface area contributed by atoms with E-state index in [9.17, 15) is 5.11 Å². The lowest BCUT2D eigenvalue weighted by Crippen LogP contribution is -2.41. The summed E-state index contributed by atoms with van der Waals surface area (Å²) in [5.74, 6) is 1.04. The van der Waals surface area contributed by atoms with E-state index < -0.39 is 11.9 Å². The minimum absolute atomic E-state index is 0.243. The molecule has 1 aliphatic carbocycles. The SMILES string of the molecule is CC1(C)OCC2CC(C(O)CN)CC=C2O1. The number of rotatable bonds is 2. The van der Waals surface area contributed by atoms with Gasteiger partial charge in [0.1, 0.15) is 5.76 Å². The van der Waals surface area contributed by atoms with Crippen LogP contribution in [0.15, 0.2) is 11.8 Å². The van der Waals surface area contributed by atoms with Crippen LogP contribution in [0.1, 0.15) is 26.7 Å². The Bertz CT molecular complexity index is 288. The number of fused-ring (bicyclic) bond motifs is 1. The van der Waals surface area contributed by atoms with Crippen molar-refractivity contribution in [1.29, 1.82) is 0 Å². The molecule has 4 nitrogen and oxygen atoms in total. The van der Waals surface area contributed by atoms with Gasteiger partial charge in [-0.25, -0.2) is 0 Å². The monoisotopic (exact) mass is 227 g/mol. The van der Waals surface area contributed by atoms with Gasteiger partial charge in [-0.15, -0.1) is 0 Å². The summed E-state index contributed by atoms with van der Waals surface area (Å²) in [7, 11) is 0. The highest BCUT2D eigenvalue weighted by Crippen LogP contribution is 2.38. The molecule has 0 aromatic carbocycles. The highest BCUT2D eigenvalue weighted by molar-refractivity contribution is 5.08. The van der Waals surface area contributed by atoms with Gasteiger partial charge in [-0.2, -0.15) is 0 Å². The van der Waals surface area contributed by atoms with Crippen molar-refractivity contribution in [2.45, 2.75) is 38.6 Å². The molecule has 1 aliphatic heterocycles. The van der Waals surface area contributed by atoms with E-state index in [1.165, 1.54) is 0 Å². The van der Waals surface area contributed by atoms with Gasteiger partial charge >= 0.3 is 0 Å². The Morgan fingerprint density at radius 3 is 3.06 bits per heavy atom. The minimum atomic E-state index is -0.512. The topological polar surface area (TPSA) is 64.7 Å². The van der Waals surface area contributed by atoms with Gasteiger partial charge in [-0.3, -0.25) is 0 Å². The number of allylic oxidation sites excluding steroid dienone is 1. The van der Waals surface area contributed by atoms with E-state index in [4.69, 9.17) is 15.2 Å². The Morgan fingerprint density at radius 2 is 2.38 bits per heavy atom. The maximum absolute atomic E-state index is 9.74. The summed E-state index contributed by atoms with van der Waals surface area (Å²) in [6, 6.07) is 0. The number of aliphatic hydroxyl groups is 1. The van der Waals surface area contributed by atoms with E-state index in [2.05, 4.69) is 6.08 Å². The van der Waals surface area contributed by atoms with Crippen LogP contribution in [-0.2, 0) is 9.47 Å². The highest BCUT2D eigenvalue weighted by Gasteiger charge is 2.37. The van der Waals surface area contributed by atoms with Crippen LogP contribution in [0, 0.1) is 11.8 Å². The van der Waals surface area contributed by atoms with E-state index >= 15 is 0 Å². The van der Waals surface area contributed by atoms with Gasteiger partial charge in [0.15, 0.2) is 0 Å². The Balaban J connectivity index is 2.03. The molecule has 0 amide bonds. The van der Waals surface area contributed by atoms with Crippen LogP contribution in [0.4, 0.5) is 0 Å². The van der Waals surface area contributed by atoms with Crippen molar-refractivity contribution in [3.63, 3.8) is 0 Å². The molecule has 4 heteroatoms. The number of nitrogens with two attached hydrogens (primary N) is 1. The molecular formula is C12H21NO3. The fourth-order valence-corrected chi connectivity index (χ4v) is 2.41. The van der Waals surface area contributed by atoms with E-state index in [1.54, 1.807) is 0 Å². The molecule has 0 aromatic rings. The molecule has 1 fully saturated rings. The molecule has 3 atom stereocenters. The van der Waals surface area contributed by atoms with Crippen molar-refractivity contribution in [3.05, 3.63) is 11.8 Å². The fraction of sp³-hybridized carbons (Fsp3) is 0.833. The summed E-state index contributed by atoms with van der Waals surface area (Å²) in [4.78, 5) is 0. The van der Waals surface area contributed by atoms with Crippen molar-refractivity contribution >= 4 is 0 Å². The Morgan fingerprint density at radius 1 is 1.62 bits per heavy atom. The van der Waals surface area contributed by atoms with Crippen molar-refractivity contribution in [2.75, 3.05) is 13.2 Å². The van der Waals surface area contributed by atoms with Gasteiger partial charge in [-0.1, -0.05) is 0 Å². The average molecular weight is 227 g/mol. The van der Waals surface area contributed by atoms with Gasteiger partial charge in [0, 0.05) is 26.3 Å². The van der Waals surface area contributed by atoms with E-state index in [-0.39, 0.29) is 11.8 Å². The van der Waals surface area contributed by atoms with Crippen molar-refractivity contribution in [2.24, 2.45) is 17.6 Å². The van der Waals surface area contributed by atoms with Crippen molar-refractivity contribution < 1.29 is 14.6 Å². The van der Waals surface area contributed by atoms with E-state index in [1.807, 2.05) is 13.8 Å². The standard InChI is InChI=1S/C12H21NO3/c1-12(2)15-7-9-5-8(10(14)6-13)3-4-11(9)16-12/h4,8-10,14H,3,5-7,13H2,1-2H3. The van der Waals surface area contributed by atoms with Crippen LogP contribution in [0.2, 0.25) is 0 Å². The van der Waals surface area contributed by atoms with Gasteiger partial charge in [0.2, 0.25) is 5.79 Å². The zero-order valence-corrected chi connectivity index (χ0v) is 9.98. The molecule has 0 radical (unpaired) electrons. The third-order valence-electron chi connectivity index (χ3n) is 3.39. The minimum Gasteiger partial charge on any atom is -0.467 e. The Hall–Kier alpha value is -0.580. The Kier molecular flexibility index (Phi) is 3.24. The normalized spacial score (nSPS) is 34.6. The van der Waals surface area contributed by atoms with E-state index in [0.29, 0.717) is 13.2 Å². The second kappa shape index (κ2) is 4.35. The summed E-state index contributed by atoms with van der Waals surface area (Å²) in [5.41, 5.74) is 5.48. The number of ether oxygens (including phenoxy) is 2. The lowest BCUT2D eigenvalue weighted by molar-refractivity contribution is -0.236. The van der Waals surface area contributed by atoms with E-state index in [0.717, 1.165) is 18.6 Å². The largest absolute Gasteiger partial charge is 0.467 e. The predicted octanol–water partition coefficient (Wildman–Crippen LogP) is 0.999. The van der Waals surface area contributed by atoms with Crippen LogP contribution in [0.5, 0.6) is 0 Å². The zero-order chi connectivity index (χ0) is 11.8. The van der Waals surface area contributed by atoms with Gasteiger partial charge in [0.05, 0.1) is 12.7 Å². The second-order valence-corrected chi connectivity index (χ2v) is 5.15. The third-order valence-corrected chi connectivity index (χ3v) is 3.39. The fourth-order valence-electron chi connectivity index (χ4n) is 2.41. The first-order valence-electron chi connectivity index (χ1n) is 5.93.